The zero-order valence-corrected chi connectivity index (χ0v) is 13.2. The van der Waals surface area contributed by atoms with Gasteiger partial charge in [-0.2, -0.15) is 0 Å². The summed E-state index contributed by atoms with van der Waals surface area (Å²) in [6.45, 7) is 9.85. The minimum atomic E-state index is 0.713. The Labute approximate surface area is 114 Å². The quantitative estimate of drug-likeness (QED) is 0.413. The molecule has 94 valence electrons. The van der Waals surface area contributed by atoms with Crippen molar-refractivity contribution in [2.45, 2.75) is 56.9 Å². The second kappa shape index (κ2) is 5.13. The molecule has 0 aromatic heterocycles. The molecule has 0 radical (unpaired) electrons. The molecule has 0 aromatic carbocycles. The highest BCUT2D eigenvalue weighted by Gasteiger charge is 2.41. The Bertz CT molecular complexity index is 229. The summed E-state index contributed by atoms with van der Waals surface area (Å²) in [7, 11) is 0. The summed E-state index contributed by atoms with van der Waals surface area (Å²) in [4.78, 5) is 2.68. The predicted molar refractivity (Wildman–Crippen MR) is 78.9 cm³/mol. The monoisotopic (exact) mass is 335 g/mol. The van der Waals surface area contributed by atoms with E-state index in [9.17, 15) is 0 Å². The van der Waals surface area contributed by atoms with E-state index in [1.807, 2.05) is 0 Å². The first kappa shape index (κ1) is 13.1. The lowest BCUT2D eigenvalue weighted by Gasteiger charge is -2.39. The smallest absolute Gasteiger partial charge is 0.0590 e. The molecule has 1 nitrogen and oxygen atoms in total. The number of hydrogen-bond donors (Lipinski definition) is 0. The van der Waals surface area contributed by atoms with Gasteiger partial charge in [0.1, 0.15) is 0 Å². The molecule has 1 spiro atoms. The van der Waals surface area contributed by atoms with E-state index in [0.29, 0.717) is 5.41 Å². The molecule has 0 bridgehead atoms. The number of hydrogen-bond acceptors (Lipinski definition) is 1. The fourth-order valence-electron chi connectivity index (χ4n) is 3.60. The van der Waals surface area contributed by atoms with Crippen LogP contribution in [0.15, 0.2) is 0 Å². The maximum atomic E-state index is 2.68. The molecule has 1 unspecified atom stereocenters. The Hall–Kier alpha value is 0.690. The second-order valence-corrected chi connectivity index (χ2v) is 8.18. The van der Waals surface area contributed by atoms with Crippen LogP contribution in [0.2, 0.25) is 0 Å². The molecule has 1 atom stereocenters. The van der Waals surface area contributed by atoms with Crippen LogP contribution >= 0.6 is 22.6 Å². The van der Waals surface area contributed by atoms with Crippen LogP contribution in [0.25, 0.3) is 0 Å². The number of likely N-dealkylation sites (tertiary alicyclic amines) is 1. The summed E-state index contributed by atoms with van der Waals surface area (Å²) < 4.78 is 0.722. The summed E-state index contributed by atoms with van der Waals surface area (Å²) >= 11 is 2.56. The van der Waals surface area contributed by atoms with Gasteiger partial charge < -0.3 is 0 Å². The average molecular weight is 335 g/mol. The van der Waals surface area contributed by atoms with E-state index < -0.39 is 0 Å². The van der Waals surface area contributed by atoms with Gasteiger partial charge in [-0.15, -0.1) is 0 Å². The zero-order chi connectivity index (χ0) is 11.8. The van der Waals surface area contributed by atoms with Gasteiger partial charge in [0.25, 0.3) is 0 Å². The molecule has 0 aromatic rings. The maximum Gasteiger partial charge on any atom is 0.0590 e. The highest BCUT2D eigenvalue weighted by atomic mass is 127. The van der Waals surface area contributed by atoms with E-state index in [1.54, 1.807) is 0 Å². The van der Waals surface area contributed by atoms with Gasteiger partial charge in [-0.25, -0.2) is 0 Å². The van der Waals surface area contributed by atoms with Crippen LogP contribution in [0.1, 0.15) is 52.9 Å². The van der Waals surface area contributed by atoms with Crippen LogP contribution in [-0.4, -0.2) is 22.0 Å². The molecule has 1 saturated heterocycles. The van der Waals surface area contributed by atoms with Crippen molar-refractivity contribution in [1.29, 1.82) is 0 Å². The lowest BCUT2D eigenvalue weighted by molar-refractivity contribution is 0.129. The highest BCUT2D eigenvalue weighted by Crippen LogP contribution is 2.47. The van der Waals surface area contributed by atoms with Gasteiger partial charge >= 0.3 is 0 Å². The summed E-state index contributed by atoms with van der Waals surface area (Å²) in [5.74, 6) is 1.91. The van der Waals surface area contributed by atoms with Crippen LogP contribution in [0.5, 0.6) is 0 Å². The van der Waals surface area contributed by atoms with Gasteiger partial charge in [-0.3, -0.25) is 4.90 Å². The first-order valence-corrected chi connectivity index (χ1v) is 8.15. The topological polar surface area (TPSA) is 3.24 Å². The van der Waals surface area contributed by atoms with Crippen molar-refractivity contribution < 1.29 is 0 Å². The van der Waals surface area contributed by atoms with Crippen molar-refractivity contribution >= 4 is 22.6 Å². The van der Waals surface area contributed by atoms with Gasteiger partial charge in [-0.1, -0.05) is 36.4 Å². The summed E-state index contributed by atoms with van der Waals surface area (Å²) in [5.41, 5.74) is 0.713. The van der Waals surface area contributed by atoms with Crippen LogP contribution < -0.4 is 0 Å². The molecule has 2 aliphatic rings. The van der Waals surface area contributed by atoms with Gasteiger partial charge in [0.2, 0.25) is 0 Å². The van der Waals surface area contributed by atoms with Gasteiger partial charge in [-0.05, 0) is 62.8 Å². The molecule has 1 aliphatic heterocycles. The van der Waals surface area contributed by atoms with Crippen molar-refractivity contribution in [2.24, 2.45) is 17.3 Å². The van der Waals surface area contributed by atoms with Crippen molar-refractivity contribution in [1.82, 2.24) is 4.90 Å². The number of alkyl halides is 1. The minimum absolute atomic E-state index is 0.713. The van der Waals surface area contributed by atoms with Crippen molar-refractivity contribution in [3.05, 3.63) is 0 Å². The Kier molecular flexibility index (Phi) is 4.21. The molecular weight excluding hydrogens is 309 g/mol. The minimum Gasteiger partial charge on any atom is -0.291 e. The fourth-order valence-corrected chi connectivity index (χ4v) is 4.08. The largest absolute Gasteiger partial charge is 0.291 e. The summed E-state index contributed by atoms with van der Waals surface area (Å²) in [6, 6.07) is 0. The van der Waals surface area contributed by atoms with Crippen molar-refractivity contribution in [3.8, 4) is 0 Å². The second-order valence-electron chi connectivity index (χ2n) is 6.38. The molecule has 1 saturated carbocycles. The van der Waals surface area contributed by atoms with Gasteiger partial charge in [0.15, 0.2) is 0 Å². The van der Waals surface area contributed by atoms with Crippen LogP contribution in [-0.2, 0) is 0 Å². The highest BCUT2D eigenvalue weighted by molar-refractivity contribution is 14.1. The Balaban J connectivity index is 1.89. The Morgan fingerprint density at radius 3 is 2.19 bits per heavy atom. The first-order chi connectivity index (χ1) is 7.52. The van der Waals surface area contributed by atoms with E-state index in [1.165, 1.54) is 45.2 Å². The third-order valence-corrected chi connectivity index (χ3v) is 5.79. The van der Waals surface area contributed by atoms with Crippen LogP contribution in [0.3, 0.4) is 0 Å². The average Bonchev–Trinajstić information content (AvgIpc) is 2.63. The molecule has 2 rings (SSSR count). The Morgan fingerprint density at radius 1 is 1.12 bits per heavy atom. The van der Waals surface area contributed by atoms with Crippen LogP contribution in [0, 0.1) is 17.3 Å². The molecule has 1 aliphatic carbocycles. The normalized spacial score (nSPS) is 38.4. The van der Waals surface area contributed by atoms with Crippen molar-refractivity contribution in [2.75, 3.05) is 13.1 Å². The lowest BCUT2D eigenvalue weighted by Crippen LogP contribution is -2.34. The molecule has 0 amide bonds. The molecule has 0 N–H and O–H groups in total. The van der Waals surface area contributed by atoms with E-state index in [0.717, 1.165) is 15.9 Å². The number of halogens is 1. The standard InChI is InChI=1S/C14H26IN/c1-11(2)13-4-6-14(7-5-13)8-9-16(10-14)12(3)15/h11-13H,4-10H2,1-3H3/t12?,13-,14+. The van der Waals surface area contributed by atoms with E-state index >= 15 is 0 Å². The third-order valence-electron chi connectivity index (χ3n) is 5.00. The molecule has 2 fully saturated rings. The lowest BCUT2D eigenvalue weighted by atomic mass is 9.67. The predicted octanol–water partition coefficient (Wildman–Crippen LogP) is 4.31. The number of rotatable bonds is 2. The van der Waals surface area contributed by atoms with Crippen molar-refractivity contribution in [3.63, 3.8) is 0 Å². The van der Waals surface area contributed by atoms with Gasteiger partial charge in [0, 0.05) is 6.54 Å². The van der Waals surface area contributed by atoms with E-state index in [-0.39, 0.29) is 0 Å². The molecule has 16 heavy (non-hydrogen) atoms. The Morgan fingerprint density at radius 2 is 1.75 bits per heavy atom. The first-order valence-electron chi connectivity index (χ1n) is 6.90. The van der Waals surface area contributed by atoms with E-state index in [2.05, 4.69) is 48.3 Å². The maximum absolute atomic E-state index is 2.68. The third kappa shape index (κ3) is 2.74. The van der Waals surface area contributed by atoms with Gasteiger partial charge in [0.05, 0.1) is 4.05 Å². The zero-order valence-electron chi connectivity index (χ0n) is 11.0. The summed E-state index contributed by atoms with van der Waals surface area (Å²) in [5, 5.41) is 0. The fraction of sp³-hybridized carbons (Fsp3) is 1.00. The SMILES string of the molecule is CC(I)N1CC[C@]2(CC[C@H](C(C)C)CC2)C1. The molecular formula is C14H26IN. The molecule has 2 heteroatoms. The number of nitrogens with zero attached hydrogens (tertiary/aromatic N) is 1. The molecule has 1 heterocycles. The van der Waals surface area contributed by atoms with E-state index in [4.69, 9.17) is 0 Å². The van der Waals surface area contributed by atoms with Crippen LogP contribution in [0.4, 0.5) is 0 Å². The summed E-state index contributed by atoms with van der Waals surface area (Å²) in [6.07, 6.45) is 7.43.